The van der Waals surface area contributed by atoms with E-state index >= 15 is 0 Å². The van der Waals surface area contributed by atoms with Gasteiger partial charge in [0.25, 0.3) is 0 Å². The van der Waals surface area contributed by atoms with E-state index in [1.807, 2.05) is 0 Å². The zero-order valence-corrected chi connectivity index (χ0v) is 15.1. The molecule has 2 heterocycles. The van der Waals surface area contributed by atoms with E-state index in [2.05, 4.69) is 34.5 Å². The van der Waals surface area contributed by atoms with Crippen molar-refractivity contribution in [1.29, 1.82) is 0 Å². The van der Waals surface area contributed by atoms with Crippen LogP contribution in [-0.4, -0.2) is 49.2 Å². The Balaban J connectivity index is 1.23. The number of fused-ring (bicyclic) bond motifs is 1. The van der Waals surface area contributed by atoms with Gasteiger partial charge < -0.3 is 15.0 Å². The molecule has 1 aliphatic carbocycles. The van der Waals surface area contributed by atoms with E-state index in [1.54, 1.807) is 0 Å². The fraction of sp³-hybridized carbons (Fsp3) is 0.667. The van der Waals surface area contributed by atoms with Crippen LogP contribution >= 0.6 is 0 Å². The van der Waals surface area contributed by atoms with Gasteiger partial charge in [-0.1, -0.05) is 24.3 Å². The number of nitrogens with zero attached hydrogens (tertiary/aromatic N) is 1. The average molecular weight is 342 g/mol. The van der Waals surface area contributed by atoms with Gasteiger partial charge in [0.1, 0.15) is 0 Å². The monoisotopic (exact) mass is 342 g/mol. The summed E-state index contributed by atoms with van der Waals surface area (Å²) in [6, 6.07) is 9.67. The topological polar surface area (TPSA) is 41.6 Å². The van der Waals surface area contributed by atoms with Crippen LogP contribution in [0.4, 0.5) is 0 Å². The molecule has 136 valence electrons. The highest BCUT2D eigenvalue weighted by Crippen LogP contribution is 2.35. The molecule has 0 unspecified atom stereocenters. The maximum absolute atomic E-state index is 12.5. The number of carbonyl (C=O) groups excluding carboxylic acids is 1. The molecule has 1 amide bonds. The predicted octanol–water partition coefficient (Wildman–Crippen LogP) is 2.87. The van der Waals surface area contributed by atoms with E-state index in [4.69, 9.17) is 4.74 Å². The van der Waals surface area contributed by atoms with Crippen molar-refractivity contribution in [2.24, 2.45) is 0 Å². The van der Waals surface area contributed by atoms with Crippen LogP contribution in [0.2, 0.25) is 0 Å². The van der Waals surface area contributed by atoms with Gasteiger partial charge in [-0.05, 0) is 55.6 Å². The molecular formula is C21H30N2O2. The first kappa shape index (κ1) is 17.0. The number of carbonyl (C=O) groups is 1. The van der Waals surface area contributed by atoms with Crippen LogP contribution in [0.1, 0.15) is 55.6 Å². The Hall–Kier alpha value is -1.39. The van der Waals surface area contributed by atoms with Gasteiger partial charge in [0, 0.05) is 44.8 Å². The van der Waals surface area contributed by atoms with Gasteiger partial charge in [-0.3, -0.25) is 4.79 Å². The van der Waals surface area contributed by atoms with Crippen molar-refractivity contribution < 1.29 is 9.53 Å². The standard InChI is InChI=1S/C21H30N2O2/c24-21(15-17-6-5-16-3-1-2-4-20(16)17)22-18-7-11-23(12-8-18)19-9-13-25-14-10-19/h1-4,17-19H,5-15H2,(H,22,24)/t17-/m1/s1. The van der Waals surface area contributed by atoms with Crippen LogP contribution in [0.5, 0.6) is 0 Å². The number of piperidine rings is 1. The highest BCUT2D eigenvalue weighted by Gasteiger charge is 2.28. The molecule has 1 aromatic carbocycles. The highest BCUT2D eigenvalue weighted by molar-refractivity contribution is 5.77. The minimum atomic E-state index is 0.242. The van der Waals surface area contributed by atoms with Gasteiger partial charge in [0.15, 0.2) is 0 Å². The third-order valence-corrected chi connectivity index (χ3v) is 6.29. The number of amides is 1. The molecule has 0 spiro atoms. The second-order valence-electron chi connectivity index (χ2n) is 7.86. The van der Waals surface area contributed by atoms with Crippen LogP contribution in [0, 0.1) is 0 Å². The smallest absolute Gasteiger partial charge is 0.220 e. The van der Waals surface area contributed by atoms with Crippen LogP contribution in [0.3, 0.4) is 0 Å². The number of rotatable bonds is 4. The molecular weight excluding hydrogens is 312 g/mol. The van der Waals surface area contributed by atoms with E-state index in [-0.39, 0.29) is 5.91 Å². The zero-order chi connectivity index (χ0) is 17.1. The fourth-order valence-electron chi connectivity index (χ4n) is 4.83. The summed E-state index contributed by atoms with van der Waals surface area (Å²) in [5.41, 5.74) is 2.83. The third-order valence-electron chi connectivity index (χ3n) is 6.29. The van der Waals surface area contributed by atoms with Gasteiger partial charge >= 0.3 is 0 Å². The van der Waals surface area contributed by atoms with Crippen molar-refractivity contribution >= 4 is 5.91 Å². The van der Waals surface area contributed by atoms with Gasteiger partial charge in [-0.25, -0.2) is 0 Å². The lowest BCUT2D eigenvalue weighted by molar-refractivity contribution is -0.122. The first-order chi connectivity index (χ1) is 12.3. The van der Waals surface area contributed by atoms with Crippen LogP contribution in [0.25, 0.3) is 0 Å². The van der Waals surface area contributed by atoms with Crippen molar-refractivity contribution in [3.05, 3.63) is 35.4 Å². The summed E-state index contributed by atoms with van der Waals surface area (Å²) in [6.07, 6.45) is 7.40. The number of likely N-dealkylation sites (tertiary alicyclic amines) is 1. The Morgan fingerprint density at radius 1 is 1.08 bits per heavy atom. The second-order valence-corrected chi connectivity index (χ2v) is 7.86. The molecule has 2 fully saturated rings. The predicted molar refractivity (Wildman–Crippen MR) is 98.7 cm³/mol. The second kappa shape index (κ2) is 7.88. The van der Waals surface area contributed by atoms with Crippen LogP contribution < -0.4 is 5.32 Å². The van der Waals surface area contributed by atoms with Gasteiger partial charge in [-0.2, -0.15) is 0 Å². The van der Waals surface area contributed by atoms with E-state index in [1.165, 1.54) is 11.1 Å². The van der Waals surface area contributed by atoms with Gasteiger partial charge in [0.05, 0.1) is 0 Å². The van der Waals surface area contributed by atoms with Gasteiger partial charge in [0.2, 0.25) is 5.91 Å². The molecule has 4 rings (SSSR count). The van der Waals surface area contributed by atoms with E-state index in [0.717, 1.165) is 64.8 Å². The quantitative estimate of drug-likeness (QED) is 0.915. The summed E-state index contributed by atoms with van der Waals surface area (Å²) >= 11 is 0. The largest absolute Gasteiger partial charge is 0.381 e. The molecule has 1 atom stereocenters. The molecule has 4 heteroatoms. The van der Waals surface area contributed by atoms with Crippen LogP contribution in [0.15, 0.2) is 24.3 Å². The molecule has 1 aromatic rings. The first-order valence-electron chi connectivity index (χ1n) is 9.98. The molecule has 4 nitrogen and oxygen atoms in total. The summed E-state index contributed by atoms with van der Waals surface area (Å²) in [4.78, 5) is 15.1. The summed E-state index contributed by atoms with van der Waals surface area (Å²) in [5.74, 6) is 0.657. The molecule has 0 bridgehead atoms. The number of hydrogen-bond donors (Lipinski definition) is 1. The lowest BCUT2D eigenvalue weighted by atomic mass is 9.96. The molecule has 1 N–H and O–H groups in total. The number of aryl methyl sites for hydroxylation is 1. The SMILES string of the molecule is O=C(C[C@H]1CCc2ccccc21)NC1CCN(C2CCOCC2)CC1. The molecule has 2 aliphatic heterocycles. The maximum Gasteiger partial charge on any atom is 0.220 e. The minimum absolute atomic E-state index is 0.242. The van der Waals surface area contributed by atoms with Crippen molar-refractivity contribution in [3.8, 4) is 0 Å². The zero-order valence-electron chi connectivity index (χ0n) is 15.1. The summed E-state index contributed by atoms with van der Waals surface area (Å²) < 4.78 is 5.47. The Morgan fingerprint density at radius 2 is 1.84 bits per heavy atom. The van der Waals surface area contributed by atoms with Crippen molar-refractivity contribution in [1.82, 2.24) is 10.2 Å². The van der Waals surface area contributed by atoms with E-state index in [0.29, 0.717) is 24.4 Å². The van der Waals surface area contributed by atoms with E-state index < -0.39 is 0 Å². The Labute approximate surface area is 150 Å². The van der Waals surface area contributed by atoms with Crippen LogP contribution in [-0.2, 0) is 16.0 Å². The summed E-state index contributed by atoms with van der Waals surface area (Å²) in [6.45, 7) is 4.04. The minimum Gasteiger partial charge on any atom is -0.381 e. The Kier molecular flexibility index (Phi) is 5.37. The number of ether oxygens (including phenoxy) is 1. The maximum atomic E-state index is 12.5. The number of benzene rings is 1. The van der Waals surface area contributed by atoms with Crippen molar-refractivity contribution in [3.63, 3.8) is 0 Å². The molecule has 0 saturated carbocycles. The highest BCUT2D eigenvalue weighted by atomic mass is 16.5. The molecule has 0 aromatic heterocycles. The molecule has 3 aliphatic rings. The third kappa shape index (κ3) is 4.06. The number of hydrogen-bond acceptors (Lipinski definition) is 3. The Morgan fingerprint density at radius 3 is 2.64 bits per heavy atom. The lowest BCUT2D eigenvalue weighted by Crippen LogP contribution is -2.49. The molecule has 25 heavy (non-hydrogen) atoms. The van der Waals surface area contributed by atoms with Crippen molar-refractivity contribution in [2.75, 3.05) is 26.3 Å². The summed E-state index contributed by atoms with van der Waals surface area (Å²) in [5, 5.41) is 3.31. The first-order valence-corrected chi connectivity index (χ1v) is 9.98. The lowest BCUT2D eigenvalue weighted by Gasteiger charge is -2.39. The molecule has 2 saturated heterocycles. The van der Waals surface area contributed by atoms with Crippen molar-refractivity contribution in [2.45, 2.75) is 62.9 Å². The summed E-state index contributed by atoms with van der Waals surface area (Å²) in [7, 11) is 0. The molecule has 0 radical (unpaired) electrons. The fourth-order valence-corrected chi connectivity index (χ4v) is 4.83. The normalized spacial score (nSPS) is 25.7. The Bertz CT molecular complexity index is 589. The van der Waals surface area contributed by atoms with Gasteiger partial charge in [-0.15, -0.1) is 0 Å². The number of nitrogens with one attached hydrogen (secondary N) is 1. The average Bonchev–Trinajstić information content (AvgIpc) is 3.06. The van der Waals surface area contributed by atoms with E-state index in [9.17, 15) is 4.79 Å².